The molecule has 206 valence electrons. The van der Waals surface area contributed by atoms with Crippen molar-refractivity contribution in [2.75, 3.05) is 5.32 Å². The van der Waals surface area contributed by atoms with Gasteiger partial charge in [0.1, 0.15) is 11.9 Å². The van der Waals surface area contributed by atoms with E-state index in [1.807, 2.05) is 28.9 Å². The fourth-order valence-corrected chi connectivity index (χ4v) is 6.92. The first-order valence-electron chi connectivity index (χ1n) is 13.8. The molecule has 0 saturated heterocycles. The van der Waals surface area contributed by atoms with Gasteiger partial charge in [-0.2, -0.15) is 4.98 Å². The molecule has 2 aromatic heterocycles. The van der Waals surface area contributed by atoms with Gasteiger partial charge in [0.25, 0.3) is 0 Å². The number of para-hydroxylation sites is 1. The van der Waals surface area contributed by atoms with Crippen molar-refractivity contribution in [1.82, 2.24) is 19.3 Å². The Morgan fingerprint density at radius 3 is 2.59 bits per heavy atom. The first-order chi connectivity index (χ1) is 19.9. The van der Waals surface area contributed by atoms with Crippen molar-refractivity contribution in [2.24, 2.45) is 5.41 Å². The summed E-state index contributed by atoms with van der Waals surface area (Å²) in [4.78, 5) is 18.6. The summed E-state index contributed by atoms with van der Waals surface area (Å²) in [5.74, 6) is 0.915. The van der Waals surface area contributed by atoms with Crippen molar-refractivity contribution in [3.05, 3.63) is 119 Å². The molecule has 0 fully saturated rings. The molecule has 7 rings (SSSR count). The first kappa shape index (κ1) is 25.8. The van der Waals surface area contributed by atoms with Gasteiger partial charge in [-0.15, -0.1) is 5.10 Å². The zero-order valence-corrected chi connectivity index (χ0v) is 23.8. The summed E-state index contributed by atoms with van der Waals surface area (Å²) in [5, 5.41) is 9.99. The van der Waals surface area contributed by atoms with Gasteiger partial charge in [-0.1, -0.05) is 92.3 Å². The Hall–Kier alpha value is -4.17. The number of halogens is 1. The summed E-state index contributed by atoms with van der Waals surface area (Å²) in [6, 6.07) is 25.1. The number of carbonyl (C=O) groups excluding carboxylic acids is 1. The molecule has 0 radical (unpaired) electrons. The highest BCUT2D eigenvalue weighted by atomic mass is 32.2. The number of nitrogens with one attached hydrogen (secondary N) is 1. The van der Waals surface area contributed by atoms with Gasteiger partial charge >= 0.3 is 0 Å². The van der Waals surface area contributed by atoms with E-state index in [-0.39, 0.29) is 17.0 Å². The van der Waals surface area contributed by atoms with Crippen LogP contribution in [0.15, 0.2) is 101 Å². The van der Waals surface area contributed by atoms with Crippen molar-refractivity contribution in [2.45, 2.75) is 50.2 Å². The minimum absolute atomic E-state index is 0.135. The predicted molar refractivity (Wildman–Crippen MR) is 160 cm³/mol. The summed E-state index contributed by atoms with van der Waals surface area (Å²) in [5.41, 5.74) is 5.46. The van der Waals surface area contributed by atoms with Crippen LogP contribution < -0.4 is 5.32 Å². The molecule has 0 spiro atoms. The quantitative estimate of drug-likeness (QED) is 0.219. The second-order valence-electron chi connectivity index (χ2n) is 11.6. The number of thioether (sulfide) groups is 1. The predicted octanol–water partition coefficient (Wildman–Crippen LogP) is 7.37. The number of ketones is 1. The van der Waals surface area contributed by atoms with Crippen LogP contribution >= 0.6 is 11.8 Å². The molecule has 5 aromatic rings. The zero-order chi connectivity index (χ0) is 28.1. The summed E-state index contributed by atoms with van der Waals surface area (Å²) < 4.78 is 18.4. The van der Waals surface area contributed by atoms with Crippen LogP contribution in [-0.4, -0.2) is 25.1 Å². The van der Waals surface area contributed by atoms with E-state index in [0.717, 1.165) is 34.2 Å². The van der Waals surface area contributed by atoms with Crippen molar-refractivity contribution in [3.8, 4) is 0 Å². The summed E-state index contributed by atoms with van der Waals surface area (Å²) in [7, 11) is 0. The van der Waals surface area contributed by atoms with E-state index in [1.54, 1.807) is 12.1 Å². The van der Waals surface area contributed by atoms with E-state index in [9.17, 15) is 9.18 Å². The summed E-state index contributed by atoms with van der Waals surface area (Å²) in [6.45, 7) is 4.98. The Kier molecular flexibility index (Phi) is 6.31. The van der Waals surface area contributed by atoms with Crippen LogP contribution in [0.25, 0.3) is 10.9 Å². The molecule has 1 unspecified atom stereocenters. The summed E-state index contributed by atoms with van der Waals surface area (Å²) >= 11 is 1.39. The maximum atomic E-state index is 14.3. The normalized spacial score (nSPS) is 17.8. The lowest BCUT2D eigenvalue weighted by Gasteiger charge is -2.38. The molecule has 1 atom stereocenters. The molecule has 0 saturated carbocycles. The number of benzene rings is 3. The minimum atomic E-state index is -0.415. The Morgan fingerprint density at radius 1 is 1.00 bits per heavy atom. The van der Waals surface area contributed by atoms with Crippen LogP contribution in [-0.2, 0) is 17.1 Å². The molecule has 1 N–H and O–H groups in total. The molecule has 3 aromatic carbocycles. The van der Waals surface area contributed by atoms with E-state index in [2.05, 4.69) is 66.3 Å². The second-order valence-corrected chi connectivity index (χ2v) is 12.6. The number of allylic oxidation sites excluding steroid dienone is 2. The molecule has 1 aliphatic carbocycles. The fourth-order valence-electron chi connectivity index (χ4n) is 6.10. The fraction of sp³-hybridized carbons (Fsp3) is 0.242. The largest absolute Gasteiger partial charge is 0.343 e. The maximum absolute atomic E-state index is 14.3. The number of anilines is 1. The molecule has 2 aliphatic rings. The van der Waals surface area contributed by atoms with Gasteiger partial charge in [0.15, 0.2) is 5.78 Å². The lowest BCUT2D eigenvalue weighted by molar-refractivity contribution is -0.118. The van der Waals surface area contributed by atoms with Crippen molar-refractivity contribution in [1.29, 1.82) is 0 Å². The van der Waals surface area contributed by atoms with Crippen LogP contribution in [0.1, 0.15) is 49.4 Å². The van der Waals surface area contributed by atoms with Crippen molar-refractivity contribution in [3.63, 3.8) is 0 Å². The highest BCUT2D eigenvalue weighted by Crippen LogP contribution is 2.47. The molecule has 0 amide bonds. The topological polar surface area (TPSA) is 64.7 Å². The molecule has 1 aliphatic heterocycles. The van der Waals surface area contributed by atoms with Crippen LogP contribution in [0, 0.1) is 11.2 Å². The number of hydrogen-bond acceptors (Lipinski definition) is 5. The Bertz CT molecular complexity index is 1820. The molecule has 0 bridgehead atoms. The molecule has 8 heteroatoms. The Balaban J connectivity index is 1.34. The smallest absolute Gasteiger partial charge is 0.227 e. The molecular formula is C33H30FN5OS. The van der Waals surface area contributed by atoms with Gasteiger partial charge in [-0.3, -0.25) is 4.79 Å². The average Bonchev–Trinajstić information content (AvgIpc) is 3.52. The summed E-state index contributed by atoms with van der Waals surface area (Å²) in [6.07, 6.45) is 3.40. The van der Waals surface area contributed by atoms with Crippen LogP contribution in [0.5, 0.6) is 0 Å². The van der Waals surface area contributed by atoms with Crippen LogP contribution in [0.4, 0.5) is 10.3 Å². The Morgan fingerprint density at radius 2 is 1.76 bits per heavy atom. The number of hydrogen-bond donors (Lipinski definition) is 1. The SMILES string of the molecule is CC1(C)CC(=O)C2=C(C1)Nc1nc(SCc3ccccc3F)nn1C2c1cn(Cc2ccccc2)c2ccccc12. The molecule has 6 nitrogen and oxygen atoms in total. The molecule has 3 heterocycles. The third kappa shape index (κ3) is 4.76. The van der Waals surface area contributed by atoms with Gasteiger partial charge in [0.2, 0.25) is 11.1 Å². The van der Waals surface area contributed by atoms with E-state index in [0.29, 0.717) is 35.4 Å². The third-order valence-corrected chi connectivity index (χ3v) is 8.82. The first-order valence-corrected chi connectivity index (χ1v) is 14.8. The lowest BCUT2D eigenvalue weighted by atomic mass is 9.73. The third-order valence-electron chi connectivity index (χ3n) is 7.94. The number of Topliss-reactive ketones (excluding diaryl/α,β-unsaturated/α-hetero) is 1. The molecule has 41 heavy (non-hydrogen) atoms. The van der Waals surface area contributed by atoms with Crippen LogP contribution in [0.2, 0.25) is 0 Å². The van der Waals surface area contributed by atoms with E-state index >= 15 is 0 Å². The van der Waals surface area contributed by atoms with Gasteiger partial charge in [-0.25, -0.2) is 9.07 Å². The lowest BCUT2D eigenvalue weighted by Crippen LogP contribution is -2.36. The van der Waals surface area contributed by atoms with Gasteiger partial charge in [0.05, 0.1) is 0 Å². The van der Waals surface area contributed by atoms with Gasteiger partial charge < -0.3 is 9.88 Å². The van der Waals surface area contributed by atoms with Crippen LogP contribution in [0.3, 0.4) is 0 Å². The van der Waals surface area contributed by atoms with E-state index in [4.69, 9.17) is 10.1 Å². The number of carbonyl (C=O) groups is 1. The Labute approximate surface area is 242 Å². The molecular weight excluding hydrogens is 533 g/mol. The van der Waals surface area contributed by atoms with Gasteiger partial charge in [-0.05, 0) is 35.1 Å². The highest BCUT2D eigenvalue weighted by Gasteiger charge is 2.42. The van der Waals surface area contributed by atoms with E-state index < -0.39 is 6.04 Å². The number of nitrogens with zero attached hydrogens (tertiary/aromatic N) is 4. The number of rotatable bonds is 6. The monoisotopic (exact) mass is 563 g/mol. The number of aromatic nitrogens is 4. The van der Waals surface area contributed by atoms with Crippen molar-refractivity contribution >= 4 is 34.4 Å². The standard InChI is InChI=1S/C33H30FN5OS/c1-33(2)16-26-29(28(40)17-33)30(39-31(35-26)36-32(37-39)41-20-22-12-6-8-14-25(22)34)24-19-38(18-21-10-4-3-5-11-21)27-15-9-7-13-23(24)27/h3-15,19,30H,16-18,20H2,1-2H3,(H,35,36,37). The average molecular weight is 564 g/mol. The second kappa shape index (κ2) is 10.0. The zero-order valence-electron chi connectivity index (χ0n) is 23.0. The van der Waals surface area contributed by atoms with E-state index in [1.165, 1.54) is 23.4 Å². The number of fused-ring (bicyclic) bond motifs is 2. The van der Waals surface area contributed by atoms with Gasteiger partial charge in [0, 0.05) is 52.7 Å². The maximum Gasteiger partial charge on any atom is 0.227 e. The minimum Gasteiger partial charge on any atom is -0.343 e. The highest BCUT2D eigenvalue weighted by molar-refractivity contribution is 7.98. The van der Waals surface area contributed by atoms with Crippen molar-refractivity contribution < 1.29 is 9.18 Å².